The van der Waals surface area contributed by atoms with Crippen LogP contribution in [0.5, 0.6) is 0 Å². The van der Waals surface area contributed by atoms with Crippen molar-refractivity contribution in [3.63, 3.8) is 0 Å². The molecule has 1 saturated heterocycles. The number of aromatic nitrogens is 1. The highest BCUT2D eigenvalue weighted by Crippen LogP contribution is 2.27. The zero-order valence-corrected chi connectivity index (χ0v) is 10.8. The Morgan fingerprint density at radius 2 is 2.59 bits per heavy atom. The Morgan fingerprint density at radius 3 is 3.12 bits per heavy atom. The van der Waals surface area contributed by atoms with Crippen LogP contribution in [-0.4, -0.2) is 30.1 Å². The van der Waals surface area contributed by atoms with Crippen LogP contribution in [0.3, 0.4) is 0 Å². The largest absolute Gasteiger partial charge is 0.379 e. The molecule has 0 bridgehead atoms. The van der Waals surface area contributed by atoms with Gasteiger partial charge in [-0.1, -0.05) is 0 Å². The van der Waals surface area contributed by atoms with E-state index in [0.29, 0.717) is 19.8 Å². The summed E-state index contributed by atoms with van der Waals surface area (Å²) in [5.74, 6) is -0.0599. The van der Waals surface area contributed by atoms with Crippen molar-refractivity contribution in [2.75, 3.05) is 13.2 Å². The van der Waals surface area contributed by atoms with Crippen LogP contribution in [-0.2, 0) is 16.1 Å². The van der Waals surface area contributed by atoms with E-state index in [1.165, 1.54) is 0 Å². The van der Waals surface area contributed by atoms with Gasteiger partial charge in [-0.3, -0.25) is 4.79 Å². The Hall–Kier alpha value is -0.980. The fraction of sp³-hybridized carbons (Fsp3) is 0.636. The SMILES string of the molecule is Cc1csc(CNC(=O)C2(C)COCC2N)n1. The number of nitrogens with two attached hydrogens (primary N) is 1. The van der Waals surface area contributed by atoms with E-state index < -0.39 is 5.41 Å². The molecule has 6 heteroatoms. The first-order valence-corrected chi connectivity index (χ1v) is 6.43. The van der Waals surface area contributed by atoms with Gasteiger partial charge in [-0.15, -0.1) is 11.3 Å². The van der Waals surface area contributed by atoms with Crippen LogP contribution in [0.25, 0.3) is 0 Å². The Morgan fingerprint density at radius 1 is 1.82 bits per heavy atom. The fourth-order valence-corrected chi connectivity index (χ4v) is 2.48. The van der Waals surface area contributed by atoms with Crippen LogP contribution in [0.1, 0.15) is 17.6 Å². The first kappa shape index (κ1) is 12.5. The van der Waals surface area contributed by atoms with Crippen LogP contribution < -0.4 is 11.1 Å². The van der Waals surface area contributed by atoms with Gasteiger partial charge in [-0.2, -0.15) is 0 Å². The molecular weight excluding hydrogens is 238 g/mol. The second kappa shape index (κ2) is 4.72. The predicted octanol–water partition coefficient (Wildman–Crippen LogP) is 0.432. The van der Waals surface area contributed by atoms with Crippen molar-refractivity contribution in [3.05, 3.63) is 16.1 Å². The number of hydrogen-bond acceptors (Lipinski definition) is 5. The molecule has 1 aromatic heterocycles. The van der Waals surface area contributed by atoms with E-state index in [1.54, 1.807) is 11.3 Å². The fourth-order valence-electron chi connectivity index (χ4n) is 1.76. The van der Waals surface area contributed by atoms with Crippen molar-refractivity contribution in [1.82, 2.24) is 10.3 Å². The lowest BCUT2D eigenvalue weighted by Gasteiger charge is -2.25. The quantitative estimate of drug-likeness (QED) is 0.821. The average molecular weight is 255 g/mol. The lowest BCUT2D eigenvalue weighted by Crippen LogP contribution is -2.49. The summed E-state index contributed by atoms with van der Waals surface area (Å²) in [4.78, 5) is 16.4. The number of thiazole rings is 1. The number of carbonyl (C=O) groups excluding carboxylic acids is 1. The minimum atomic E-state index is -0.619. The van der Waals surface area contributed by atoms with Gasteiger partial charge in [-0.25, -0.2) is 4.98 Å². The van der Waals surface area contributed by atoms with E-state index >= 15 is 0 Å². The number of ether oxygens (including phenoxy) is 1. The number of carbonyl (C=O) groups is 1. The standard InChI is InChI=1S/C11H17N3O2S/c1-7-5-17-9(14-7)3-13-10(15)11(2)6-16-4-8(11)12/h5,8H,3-4,6,12H2,1-2H3,(H,13,15). The van der Waals surface area contributed by atoms with Gasteiger partial charge < -0.3 is 15.8 Å². The molecule has 2 atom stereocenters. The second-order valence-corrected chi connectivity index (χ2v) is 5.55. The van der Waals surface area contributed by atoms with Gasteiger partial charge in [0, 0.05) is 17.1 Å². The summed E-state index contributed by atoms with van der Waals surface area (Å²) in [5, 5.41) is 5.75. The first-order valence-electron chi connectivity index (χ1n) is 5.55. The van der Waals surface area contributed by atoms with Crippen molar-refractivity contribution in [1.29, 1.82) is 0 Å². The number of nitrogens with zero attached hydrogens (tertiary/aromatic N) is 1. The van der Waals surface area contributed by atoms with Crippen LogP contribution >= 0.6 is 11.3 Å². The van der Waals surface area contributed by atoms with Crippen LogP contribution in [0.4, 0.5) is 0 Å². The van der Waals surface area contributed by atoms with Crippen molar-refractivity contribution < 1.29 is 9.53 Å². The van der Waals surface area contributed by atoms with E-state index in [1.807, 2.05) is 19.2 Å². The molecule has 94 valence electrons. The molecule has 0 saturated carbocycles. The molecule has 0 spiro atoms. The highest BCUT2D eigenvalue weighted by Gasteiger charge is 2.44. The highest BCUT2D eigenvalue weighted by atomic mass is 32.1. The monoisotopic (exact) mass is 255 g/mol. The van der Waals surface area contributed by atoms with Gasteiger partial charge in [0.25, 0.3) is 0 Å². The smallest absolute Gasteiger partial charge is 0.230 e. The third-order valence-corrected chi connectivity index (χ3v) is 4.07. The normalized spacial score (nSPS) is 28.3. The number of hydrogen-bond donors (Lipinski definition) is 2. The summed E-state index contributed by atoms with van der Waals surface area (Å²) < 4.78 is 5.25. The molecule has 0 aromatic carbocycles. The zero-order chi connectivity index (χ0) is 12.5. The molecule has 17 heavy (non-hydrogen) atoms. The molecule has 1 aromatic rings. The minimum Gasteiger partial charge on any atom is -0.379 e. The van der Waals surface area contributed by atoms with Gasteiger partial charge in [0.15, 0.2) is 0 Å². The lowest BCUT2D eigenvalue weighted by atomic mass is 9.85. The van der Waals surface area contributed by atoms with Gasteiger partial charge in [0.05, 0.1) is 25.2 Å². The van der Waals surface area contributed by atoms with Gasteiger partial charge in [0.1, 0.15) is 5.01 Å². The Bertz CT molecular complexity index is 421. The average Bonchev–Trinajstić information content (AvgIpc) is 2.84. The molecule has 0 aliphatic carbocycles. The van der Waals surface area contributed by atoms with Crippen LogP contribution in [0.15, 0.2) is 5.38 Å². The first-order chi connectivity index (χ1) is 8.02. The predicted molar refractivity (Wildman–Crippen MR) is 65.6 cm³/mol. The molecule has 5 nitrogen and oxygen atoms in total. The summed E-state index contributed by atoms with van der Waals surface area (Å²) in [6.45, 7) is 5.06. The Kier molecular flexibility index (Phi) is 3.46. The van der Waals surface area contributed by atoms with Crippen molar-refractivity contribution in [2.24, 2.45) is 11.1 Å². The van der Waals surface area contributed by atoms with Crippen molar-refractivity contribution in [2.45, 2.75) is 26.4 Å². The summed E-state index contributed by atoms with van der Waals surface area (Å²) in [5.41, 5.74) is 6.25. The molecule has 1 fully saturated rings. The van der Waals surface area contributed by atoms with Crippen LogP contribution in [0, 0.1) is 12.3 Å². The van der Waals surface area contributed by atoms with Gasteiger partial charge in [0.2, 0.25) is 5.91 Å². The molecular formula is C11H17N3O2S. The maximum Gasteiger partial charge on any atom is 0.230 e. The third kappa shape index (κ3) is 2.48. The number of aryl methyl sites for hydroxylation is 1. The molecule has 2 heterocycles. The van der Waals surface area contributed by atoms with E-state index in [0.717, 1.165) is 10.7 Å². The van der Waals surface area contributed by atoms with E-state index in [4.69, 9.17) is 10.5 Å². The Labute approximate surface area is 104 Å². The molecule has 2 unspecified atom stereocenters. The number of nitrogens with one attached hydrogen (secondary N) is 1. The summed E-state index contributed by atoms with van der Waals surface area (Å²) in [6.07, 6.45) is 0. The molecule has 1 aliphatic heterocycles. The summed E-state index contributed by atoms with van der Waals surface area (Å²) in [7, 11) is 0. The lowest BCUT2D eigenvalue weighted by molar-refractivity contribution is -0.130. The number of rotatable bonds is 3. The van der Waals surface area contributed by atoms with E-state index in [2.05, 4.69) is 10.3 Å². The zero-order valence-electron chi connectivity index (χ0n) is 10.0. The molecule has 3 N–H and O–H groups in total. The molecule has 1 amide bonds. The maximum atomic E-state index is 12.1. The van der Waals surface area contributed by atoms with Crippen molar-refractivity contribution in [3.8, 4) is 0 Å². The Balaban J connectivity index is 1.93. The van der Waals surface area contributed by atoms with Crippen LogP contribution in [0.2, 0.25) is 0 Å². The van der Waals surface area contributed by atoms with Gasteiger partial charge >= 0.3 is 0 Å². The molecule has 2 rings (SSSR count). The summed E-state index contributed by atoms with van der Waals surface area (Å²) >= 11 is 1.55. The maximum absolute atomic E-state index is 12.1. The molecule has 0 radical (unpaired) electrons. The van der Waals surface area contributed by atoms with Gasteiger partial charge in [-0.05, 0) is 13.8 Å². The number of amides is 1. The molecule has 1 aliphatic rings. The third-order valence-electron chi connectivity index (χ3n) is 3.10. The van der Waals surface area contributed by atoms with Crippen molar-refractivity contribution >= 4 is 17.2 Å². The highest BCUT2D eigenvalue weighted by molar-refractivity contribution is 7.09. The second-order valence-electron chi connectivity index (χ2n) is 4.60. The summed E-state index contributed by atoms with van der Waals surface area (Å²) in [6, 6.07) is -0.236. The van der Waals surface area contributed by atoms with E-state index in [9.17, 15) is 4.79 Å². The van der Waals surface area contributed by atoms with E-state index in [-0.39, 0.29) is 11.9 Å². The topological polar surface area (TPSA) is 77.2 Å². The minimum absolute atomic E-state index is 0.0599.